The second-order valence-electron chi connectivity index (χ2n) is 5.41. The van der Waals surface area contributed by atoms with Crippen LogP contribution in [0, 0.1) is 0 Å². The summed E-state index contributed by atoms with van der Waals surface area (Å²) in [6.45, 7) is 0. The molecule has 0 spiro atoms. The molecule has 1 aliphatic rings. The van der Waals surface area contributed by atoms with Gasteiger partial charge < -0.3 is 14.6 Å². The van der Waals surface area contributed by atoms with Crippen molar-refractivity contribution in [2.75, 3.05) is 7.11 Å². The molecule has 0 saturated heterocycles. The van der Waals surface area contributed by atoms with Crippen molar-refractivity contribution in [1.82, 2.24) is 4.98 Å². The van der Waals surface area contributed by atoms with Crippen molar-refractivity contribution in [3.8, 4) is 17.2 Å². The predicted molar refractivity (Wildman–Crippen MR) is 89.3 cm³/mol. The molecule has 5 nitrogen and oxygen atoms in total. The minimum Gasteiger partial charge on any atom is -0.508 e. The number of fused-ring (bicyclic) bond motifs is 2. The fourth-order valence-electron chi connectivity index (χ4n) is 2.64. The first kappa shape index (κ1) is 14.3. The van der Waals surface area contributed by atoms with Crippen molar-refractivity contribution >= 4 is 22.8 Å². The molecule has 0 radical (unpaired) electrons. The van der Waals surface area contributed by atoms with Gasteiger partial charge in [0, 0.05) is 17.5 Å². The van der Waals surface area contributed by atoms with Gasteiger partial charge >= 0.3 is 0 Å². The Kier molecular flexibility index (Phi) is 3.20. The number of hydrogen-bond acceptors (Lipinski definition) is 5. The number of Topliss-reactive ketones (excluding diaryl/α,β-unsaturated/α-hetero) is 1. The highest BCUT2D eigenvalue weighted by Crippen LogP contribution is 2.34. The molecular formula is C19H13NO4. The van der Waals surface area contributed by atoms with Crippen LogP contribution in [0.1, 0.15) is 16.1 Å². The molecule has 0 aliphatic carbocycles. The van der Waals surface area contributed by atoms with Gasteiger partial charge in [-0.25, -0.2) is 4.98 Å². The first-order valence-corrected chi connectivity index (χ1v) is 7.36. The van der Waals surface area contributed by atoms with Crippen LogP contribution < -0.4 is 9.47 Å². The van der Waals surface area contributed by atoms with Crippen LogP contribution >= 0.6 is 0 Å². The summed E-state index contributed by atoms with van der Waals surface area (Å²) in [4.78, 5) is 16.9. The summed E-state index contributed by atoms with van der Waals surface area (Å²) in [5, 5.41) is 10.4. The monoisotopic (exact) mass is 319 g/mol. The van der Waals surface area contributed by atoms with Crippen molar-refractivity contribution in [1.29, 1.82) is 0 Å². The molecule has 1 aliphatic heterocycles. The van der Waals surface area contributed by atoms with Crippen LogP contribution in [0.5, 0.6) is 17.2 Å². The smallest absolute Gasteiger partial charge is 0.232 e. The van der Waals surface area contributed by atoms with Crippen molar-refractivity contribution < 1.29 is 19.4 Å². The first-order valence-electron chi connectivity index (χ1n) is 7.36. The van der Waals surface area contributed by atoms with Crippen LogP contribution in [0.15, 0.2) is 54.3 Å². The Morgan fingerprint density at radius 2 is 2.00 bits per heavy atom. The zero-order valence-electron chi connectivity index (χ0n) is 12.8. The molecule has 0 amide bonds. The standard InChI is InChI=1S/C19H13NO4/c1-23-14-5-7-16-11(8-14)2-3-12(20-16)9-18-19(22)15-6-4-13(21)10-17(15)24-18/h2-10,21H,1H3/b18-9-. The molecule has 4 rings (SSSR count). The summed E-state index contributed by atoms with van der Waals surface area (Å²) in [6, 6.07) is 13.8. The lowest BCUT2D eigenvalue weighted by atomic mass is 10.1. The fraction of sp³-hybridized carbons (Fsp3) is 0.0526. The largest absolute Gasteiger partial charge is 0.508 e. The summed E-state index contributed by atoms with van der Waals surface area (Å²) in [5.41, 5.74) is 1.85. The van der Waals surface area contributed by atoms with E-state index in [2.05, 4.69) is 4.98 Å². The fourth-order valence-corrected chi connectivity index (χ4v) is 2.64. The summed E-state index contributed by atoms with van der Waals surface area (Å²) in [5.74, 6) is 1.15. The first-order chi connectivity index (χ1) is 11.6. The van der Waals surface area contributed by atoms with Gasteiger partial charge in [0.05, 0.1) is 23.9 Å². The van der Waals surface area contributed by atoms with Crippen molar-refractivity contribution in [3.05, 3.63) is 65.5 Å². The highest BCUT2D eigenvalue weighted by Gasteiger charge is 2.27. The average molecular weight is 319 g/mol. The zero-order valence-corrected chi connectivity index (χ0v) is 12.8. The van der Waals surface area contributed by atoms with Crippen molar-refractivity contribution in [2.24, 2.45) is 0 Å². The van der Waals surface area contributed by atoms with E-state index >= 15 is 0 Å². The maximum Gasteiger partial charge on any atom is 0.232 e. The van der Waals surface area contributed by atoms with Gasteiger partial charge in [0.2, 0.25) is 5.78 Å². The van der Waals surface area contributed by atoms with Gasteiger partial charge in [0.25, 0.3) is 0 Å². The number of allylic oxidation sites excluding steroid dienone is 1. The summed E-state index contributed by atoms with van der Waals surface area (Å²) in [6.07, 6.45) is 1.60. The highest BCUT2D eigenvalue weighted by atomic mass is 16.5. The Labute approximate surface area is 137 Å². The molecule has 1 aromatic heterocycles. The summed E-state index contributed by atoms with van der Waals surface area (Å²) >= 11 is 0. The van der Waals surface area contributed by atoms with Crippen LogP contribution in [-0.2, 0) is 0 Å². The molecule has 118 valence electrons. The van der Waals surface area contributed by atoms with E-state index in [1.165, 1.54) is 12.1 Å². The molecule has 3 aromatic rings. The lowest BCUT2D eigenvalue weighted by Gasteiger charge is -2.03. The number of nitrogens with zero attached hydrogens (tertiary/aromatic N) is 1. The van der Waals surface area contributed by atoms with Crippen molar-refractivity contribution in [2.45, 2.75) is 0 Å². The van der Waals surface area contributed by atoms with Crippen LogP contribution in [0.2, 0.25) is 0 Å². The highest BCUT2D eigenvalue weighted by molar-refractivity contribution is 6.14. The molecular weight excluding hydrogens is 306 g/mol. The second-order valence-corrected chi connectivity index (χ2v) is 5.41. The van der Waals surface area contributed by atoms with Crippen molar-refractivity contribution in [3.63, 3.8) is 0 Å². The normalized spacial score (nSPS) is 14.7. The number of methoxy groups -OCH3 is 1. The minimum atomic E-state index is -0.221. The van der Waals surface area contributed by atoms with Gasteiger partial charge in [-0.2, -0.15) is 0 Å². The number of hydrogen-bond donors (Lipinski definition) is 1. The van der Waals surface area contributed by atoms with Crippen LogP contribution in [0.25, 0.3) is 17.0 Å². The van der Waals surface area contributed by atoms with Gasteiger partial charge in [-0.1, -0.05) is 6.07 Å². The quantitative estimate of drug-likeness (QED) is 0.731. The number of aromatic nitrogens is 1. The third-order valence-corrected chi connectivity index (χ3v) is 3.85. The third kappa shape index (κ3) is 2.36. The van der Waals surface area contributed by atoms with Crippen LogP contribution in [0.4, 0.5) is 0 Å². The lowest BCUT2D eigenvalue weighted by Crippen LogP contribution is -1.98. The Morgan fingerprint density at radius 1 is 1.12 bits per heavy atom. The van der Waals surface area contributed by atoms with Gasteiger partial charge in [0.15, 0.2) is 5.76 Å². The molecule has 2 heterocycles. The van der Waals surface area contributed by atoms with Crippen LogP contribution in [-0.4, -0.2) is 23.0 Å². The van der Waals surface area contributed by atoms with E-state index in [0.717, 1.165) is 16.7 Å². The van der Waals surface area contributed by atoms with Gasteiger partial charge in [-0.15, -0.1) is 0 Å². The van der Waals surface area contributed by atoms with E-state index in [9.17, 15) is 9.90 Å². The molecule has 24 heavy (non-hydrogen) atoms. The Bertz CT molecular complexity index is 1010. The lowest BCUT2D eigenvalue weighted by molar-refractivity contribution is 0.101. The van der Waals surface area contributed by atoms with Gasteiger partial charge in [-0.3, -0.25) is 4.79 Å². The van der Waals surface area contributed by atoms with E-state index in [1.54, 1.807) is 19.3 Å². The minimum absolute atomic E-state index is 0.0561. The number of carbonyl (C=O) groups is 1. The number of pyridine rings is 1. The molecule has 0 fully saturated rings. The number of benzene rings is 2. The number of aromatic hydroxyl groups is 1. The Balaban J connectivity index is 1.71. The zero-order chi connectivity index (χ0) is 16.7. The summed E-state index contributed by atoms with van der Waals surface area (Å²) in [7, 11) is 1.62. The average Bonchev–Trinajstić information content (AvgIpc) is 2.89. The number of carbonyl (C=O) groups excluding carboxylic acids is 1. The predicted octanol–water partition coefficient (Wildman–Crippen LogP) is 3.57. The van der Waals surface area contributed by atoms with Gasteiger partial charge in [-0.05, 0) is 36.4 Å². The SMILES string of the molecule is COc1ccc2nc(/C=C3\Oc4cc(O)ccc4C3=O)ccc2c1. The topological polar surface area (TPSA) is 68.7 Å². The number of phenols is 1. The maximum atomic E-state index is 12.3. The number of phenolic OH excluding ortho intramolecular Hbond substituents is 1. The van der Waals surface area contributed by atoms with E-state index in [-0.39, 0.29) is 17.3 Å². The molecule has 0 unspecified atom stereocenters. The number of rotatable bonds is 2. The maximum absolute atomic E-state index is 12.3. The van der Waals surface area contributed by atoms with Gasteiger partial charge in [0.1, 0.15) is 17.2 Å². The third-order valence-electron chi connectivity index (χ3n) is 3.85. The molecule has 0 saturated carbocycles. The summed E-state index contributed by atoms with van der Waals surface area (Å²) < 4.78 is 10.7. The second kappa shape index (κ2) is 5.38. The molecule has 2 aromatic carbocycles. The van der Waals surface area contributed by atoms with E-state index in [0.29, 0.717) is 17.0 Å². The van der Waals surface area contributed by atoms with E-state index in [1.807, 2.05) is 30.3 Å². The van der Waals surface area contributed by atoms with E-state index in [4.69, 9.17) is 9.47 Å². The molecule has 5 heteroatoms. The molecule has 0 atom stereocenters. The molecule has 1 N–H and O–H groups in total. The van der Waals surface area contributed by atoms with Crippen LogP contribution in [0.3, 0.4) is 0 Å². The van der Waals surface area contributed by atoms with E-state index < -0.39 is 0 Å². The number of ketones is 1. The Hall–Kier alpha value is -3.34. The Morgan fingerprint density at radius 3 is 2.83 bits per heavy atom. The molecule has 0 bridgehead atoms. The number of ether oxygens (including phenoxy) is 2.